The van der Waals surface area contributed by atoms with Crippen molar-refractivity contribution in [3.8, 4) is 0 Å². The van der Waals surface area contributed by atoms with Crippen LogP contribution in [-0.2, 0) is 71.2 Å². The molecule has 4 saturated carbocycles. The molecule has 6 aliphatic heterocycles. The van der Waals surface area contributed by atoms with Crippen LogP contribution in [-0.4, -0.2) is 309 Å². The van der Waals surface area contributed by atoms with Crippen molar-refractivity contribution in [2.75, 3.05) is 19.8 Å². The summed E-state index contributed by atoms with van der Waals surface area (Å²) in [6.45, 7) is 13.5. The molecule has 6 saturated heterocycles. The highest BCUT2D eigenvalue weighted by Crippen LogP contribution is 2.76. The highest BCUT2D eigenvalue weighted by Gasteiger charge is 2.71. The predicted octanol–water partition coefficient (Wildman–Crippen LogP) is -4.42. The lowest BCUT2D eigenvalue weighted by Gasteiger charge is -2.71. The van der Waals surface area contributed by atoms with E-state index in [-0.39, 0.29) is 23.7 Å². The van der Waals surface area contributed by atoms with Gasteiger partial charge in [0, 0.05) is 0 Å². The maximum atomic E-state index is 15.8. The van der Waals surface area contributed by atoms with Crippen LogP contribution in [0, 0.1) is 50.2 Å². The standard InChI is InChI=1S/C65H102O32/c1-24-34(70)40(76)50(96-56-46(82)48(93-54-44(80)38(74)36(72)29(20-66)89-54)47(25(2)88-56)92-53-43(79)35(71)28(69)22-86-53)57(87-24)97-59(85)65-17-15-60(3,4)19-27(65)26-9-10-32-61(5)13-12-33(62(6,23-68)31(61)11-14-64(32,8)63(26,7)16-18-65)91-58-51(42(78)41(77)49(94-58)52(83)84)95-55-45(81)39(75)37(73)30(21-67)90-55/h9,23-25,27-51,53-58,66-67,69-82H,10-22H2,1-8H3,(H,83,84)/t24-,25+,27-,28+,29-,30-,31+,32+,33+,34-,35-,36+,37-,38-,39+,40-,41+,42+,43-,44+,45-,46+,47-,48+,49-,50-,51-,53+,54-,55+,56+,57-,58+,61-,62-,63+,64-,65-/m0/s1. The molecule has 32 heteroatoms. The summed E-state index contributed by atoms with van der Waals surface area (Å²) in [5, 5.41) is 184. The fourth-order valence-corrected chi connectivity index (χ4v) is 18.9. The first-order chi connectivity index (χ1) is 45.5. The number of fused-ring (bicyclic) bond motifs is 7. The lowest BCUT2D eigenvalue weighted by molar-refractivity contribution is -0.394. The van der Waals surface area contributed by atoms with E-state index in [4.69, 9.17) is 56.8 Å². The number of hydrogen-bond acceptors (Lipinski definition) is 31. The van der Waals surface area contributed by atoms with Crippen molar-refractivity contribution in [1.29, 1.82) is 0 Å². The van der Waals surface area contributed by atoms with Crippen molar-refractivity contribution in [3.05, 3.63) is 11.6 Å². The summed E-state index contributed by atoms with van der Waals surface area (Å²) in [7, 11) is 0. The minimum atomic E-state index is -2.10. The molecule has 38 atom stereocenters. The lowest BCUT2D eigenvalue weighted by atomic mass is 9.33. The smallest absolute Gasteiger partial charge is 0.335 e. The van der Waals surface area contributed by atoms with Gasteiger partial charge in [-0.2, -0.15) is 0 Å². The van der Waals surface area contributed by atoms with Gasteiger partial charge in [-0.3, -0.25) is 4.79 Å². The Morgan fingerprint density at radius 1 is 0.526 bits per heavy atom. The molecule has 11 aliphatic rings. The Labute approximate surface area is 560 Å². The van der Waals surface area contributed by atoms with Gasteiger partial charge in [-0.15, -0.1) is 0 Å². The number of aldehydes is 1. The summed E-state index contributed by atoms with van der Waals surface area (Å²) in [5.74, 6) is -3.15. The Kier molecular flexibility index (Phi) is 21.8. The summed E-state index contributed by atoms with van der Waals surface area (Å²) in [6.07, 6.45) is -44.7. The molecule has 11 rings (SSSR count). The third kappa shape index (κ3) is 12.8. The number of carboxylic acids is 1. The SMILES string of the molecule is C[C@@H]1O[C@@H](OC(=O)[C@]23CCC(C)(C)C[C@H]2C2=CC[C@@H]4[C@@]5(C)CC[C@@H](O[C@@H]6O[C@H](C(=O)O)[C@H](O)[C@@H](O)[C@@H]6O[C@H]6O[C@@H](CO)[C@H](O)[C@@H](O)[C@@H]6O)[C@@](C)(C=O)[C@@H]5CC[C@]4(C)[C@]2(C)CC3)[C@@H](O[C@H]2O[C@H](C)[C@H](O[C@H]3OC[C@@H](O)[C@H](O)[C@@H]3O)[C@H](O[C@@H]3O[C@@H](CO)[C@@H](O)[C@H](O)[C@H]3O)[C@H]2O)[C@@H](O)[C@H]1O. The molecule has 554 valence electrons. The zero-order chi connectivity index (χ0) is 70.9. The van der Waals surface area contributed by atoms with E-state index in [1.54, 1.807) is 6.92 Å². The summed E-state index contributed by atoms with van der Waals surface area (Å²) in [6, 6.07) is 0. The molecule has 0 aromatic carbocycles. The third-order valence-electron chi connectivity index (χ3n) is 25.1. The topological polar surface area (TPSA) is 506 Å². The molecule has 32 nitrogen and oxygen atoms in total. The Morgan fingerprint density at radius 2 is 1.07 bits per heavy atom. The number of ether oxygens (including phenoxy) is 12. The van der Waals surface area contributed by atoms with Crippen LogP contribution in [0.4, 0.5) is 0 Å². The number of allylic oxidation sites excluding steroid dienone is 2. The molecule has 0 bridgehead atoms. The van der Waals surface area contributed by atoms with E-state index < -0.39 is 249 Å². The number of rotatable bonds is 16. The summed E-state index contributed by atoms with van der Waals surface area (Å²) < 4.78 is 72.5. The van der Waals surface area contributed by atoms with Gasteiger partial charge in [0.1, 0.15) is 122 Å². The molecule has 17 N–H and O–H groups in total. The summed E-state index contributed by atoms with van der Waals surface area (Å²) in [4.78, 5) is 42.2. The van der Waals surface area contributed by atoms with Gasteiger partial charge in [-0.05, 0) is 117 Å². The largest absolute Gasteiger partial charge is 0.479 e. The molecule has 6 heterocycles. The van der Waals surface area contributed by atoms with Crippen LogP contribution >= 0.6 is 0 Å². The van der Waals surface area contributed by atoms with Crippen molar-refractivity contribution in [2.24, 2.45) is 50.2 Å². The van der Waals surface area contributed by atoms with E-state index >= 15 is 4.79 Å². The lowest BCUT2D eigenvalue weighted by Crippen LogP contribution is -2.68. The average molecular weight is 1400 g/mol. The Morgan fingerprint density at radius 3 is 1.67 bits per heavy atom. The van der Waals surface area contributed by atoms with E-state index in [2.05, 4.69) is 40.7 Å². The molecule has 0 amide bonds. The fraction of sp³-hybridized carbons (Fsp3) is 0.923. The number of aliphatic hydroxyl groups is 16. The number of hydrogen-bond donors (Lipinski definition) is 17. The Bertz CT molecular complexity index is 2820. The molecular formula is C65H102O32. The molecule has 10 fully saturated rings. The van der Waals surface area contributed by atoms with Gasteiger partial charge in [-0.25, -0.2) is 4.79 Å². The molecule has 97 heavy (non-hydrogen) atoms. The molecular weight excluding hydrogens is 1290 g/mol. The van der Waals surface area contributed by atoms with E-state index in [9.17, 15) is 96.4 Å². The van der Waals surface area contributed by atoms with Crippen LogP contribution in [0.15, 0.2) is 11.6 Å². The zero-order valence-corrected chi connectivity index (χ0v) is 55.6. The first-order valence-electron chi connectivity index (χ1n) is 34.0. The number of carbonyl (C=O) groups is 3. The van der Waals surface area contributed by atoms with Gasteiger partial charge in [0.2, 0.25) is 6.29 Å². The third-order valence-corrected chi connectivity index (χ3v) is 25.1. The average Bonchev–Trinajstić information content (AvgIpc) is 0.675. The second-order valence-corrected chi connectivity index (χ2v) is 31.1. The fourth-order valence-electron chi connectivity index (χ4n) is 18.9. The van der Waals surface area contributed by atoms with Crippen molar-refractivity contribution in [2.45, 2.75) is 304 Å². The van der Waals surface area contributed by atoms with Gasteiger partial charge >= 0.3 is 11.9 Å². The van der Waals surface area contributed by atoms with Crippen molar-refractivity contribution < 1.29 is 158 Å². The number of aliphatic carboxylic acids is 1. The van der Waals surface area contributed by atoms with Gasteiger partial charge in [0.05, 0.1) is 49.0 Å². The van der Waals surface area contributed by atoms with Crippen LogP contribution in [0.2, 0.25) is 0 Å². The highest BCUT2D eigenvalue weighted by atomic mass is 16.8. The van der Waals surface area contributed by atoms with E-state index in [1.807, 2.05) is 0 Å². The molecule has 0 aromatic rings. The summed E-state index contributed by atoms with van der Waals surface area (Å²) >= 11 is 0. The summed E-state index contributed by atoms with van der Waals surface area (Å²) in [5.41, 5.74) is -3.23. The minimum absolute atomic E-state index is 0.0634. The number of carboxylic acid groups (broad SMARTS) is 1. The monoisotopic (exact) mass is 1390 g/mol. The van der Waals surface area contributed by atoms with Crippen LogP contribution in [0.3, 0.4) is 0 Å². The van der Waals surface area contributed by atoms with Crippen LogP contribution < -0.4 is 0 Å². The van der Waals surface area contributed by atoms with Gasteiger partial charge in [-0.1, -0.05) is 53.2 Å². The normalized spacial score (nSPS) is 54.6. The second kappa shape index (κ2) is 28.0. The van der Waals surface area contributed by atoms with Crippen LogP contribution in [0.5, 0.6) is 0 Å². The maximum Gasteiger partial charge on any atom is 0.335 e. The van der Waals surface area contributed by atoms with Crippen molar-refractivity contribution in [1.82, 2.24) is 0 Å². The molecule has 0 radical (unpaired) electrons. The van der Waals surface area contributed by atoms with Crippen molar-refractivity contribution >= 4 is 18.2 Å². The van der Waals surface area contributed by atoms with Crippen LogP contribution in [0.1, 0.15) is 120 Å². The van der Waals surface area contributed by atoms with E-state index in [0.29, 0.717) is 57.8 Å². The second-order valence-electron chi connectivity index (χ2n) is 31.1. The molecule has 5 aliphatic carbocycles. The first kappa shape index (κ1) is 75.4. The maximum absolute atomic E-state index is 15.8. The molecule has 0 unspecified atom stereocenters. The minimum Gasteiger partial charge on any atom is -0.479 e. The number of carbonyl (C=O) groups excluding carboxylic acids is 2. The van der Waals surface area contributed by atoms with Crippen molar-refractivity contribution in [3.63, 3.8) is 0 Å². The molecule has 0 aromatic heterocycles. The molecule has 0 spiro atoms. The quantitative estimate of drug-likeness (QED) is 0.0300. The first-order valence-corrected chi connectivity index (χ1v) is 34.0. The van der Waals surface area contributed by atoms with E-state index in [1.165, 1.54) is 13.8 Å². The highest BCUT2D eigenvalue weighted by molar-refractivity contribution is 5.79. The van der Waals surface area contributed by atoms with Crippen LogP contribution in [0.25, 0.3) is 0 Å². The number of aliphatic hydroxyl groups excluding tert-OH is 16. The van der Waals surface area contributed by atoms with Gasteiger partial charge in [0.15, 0.2) is 43.7 Å². The zero-order valence-electron chi connectivity index (χ0n) is 55.6. The van der Waals surface area contributed by atoms with Gasteiger partial charge < -0.3 is 148 Å². The van der Waals surface area contributed by atoms with Gasteiger partial charge in [0.25, 0.3) is 0 Å². The predicted molar refractivity (Wildman–Crippen MR) is 320 cm³/mol. The number of esters is 1. The van der Waals surface area contributed by atoms with E-state index in [0.717, 1.165) is 11.9 Å². The Balaban J connectivity index is 0.843. The Hall–Kier alpha value is -2.73.